The third kappa shape index (κ3) is 4.01. The summed E-state index contributed by atoms with van der Waals surface area (Å²) in [4.78, 5) is 15.6. The van der Waals surface area contributed by atoms with Crippen LogP contribution in [0.5, 0.6) is 11.5 Å². The molecule has 1 aliphatic heterocycles. The molecule has 2 aliphatic rings. The van der Waals surface area contributed by atoms with Crippen molar-refractivity contribution in [3.8, 4) is 11.5 Å². The van der Waals surface area contributed by atoms with Crippen molar-refractivity contribution < 1.29 is 18.7 Å². The Bertz CT molecular complexity index is 1210. The zero-order chi connectivity index (χ0) is 23.7. The first kappa shape index (κ1) is 22.4. The molecule has 0 spiro atoms. The van der Waals surface area contributed by atoms with E-state index < -0.39 is 5.97 Å². The first-order valence-corrected chi connectivity index (χ1v) is 11.7. The molecule has 1 heterocycles. The molecule has 0 bridgehead atoms. The molecule has 34 heavy (non-hydrogen) atoms. The molecule has 1 saturated heterocycles. The van der Waals surface area contributed by atoms with E-state index in [1.807, 2.05) is 42.5 Å². The number of ether oxygens (including phenoxy) is 2. The number of halogens is 1. The standard InChI is InChI=1S/C29H28FNO3/c1-3-15-31-16-14-21-17-23-25(27(21)31)26(30)19(2)24(29(32)34-22-12-8-5-9-13-22)28(23)33-18-20-10-6-4-7-11-20/h3-13,21,27H,1,14-18H2,2H3/t21-,27-/m0/s1. The molecule has 0 aromatic heterocycles. The van der Waals surface area contributed by atoms with Gasteiger partial charge in [-0.2, -0.15) is 0 Å². The summed E-state index contributed by atoms with van der Waals surface area (Å²) in [6, 6.07) is 18.6. The van der Waals surface area contributed by atoms with Gasteiger partial charge in [0, 0.05) is 29.3 Å². The second kappa shape index (κ2) is 9.43. The second-order valence-electron chi connectivity index (χ2n) is 8.99. The van der Waals surface area contributed by atoms with Crippen LogP contribution in [0.15, 0.2) is 73.3 Å². The number of carbonyl (C=O) groups is 1. The molecule has 3 aromatic carbocycles. The van der Waals surface area contributed by atoms with Gasteiger partial charge in [-0.15, -0.1) is 6.58 Å². The van der Waals surface area contributed by atoms with Crippen LogP contribution in [0.1, 0.15) is 45.1 Å². The van der Waals surface area contributed by atoms with Crippen LogP contribution in [0.2, 0.25) is 0 Å². The van der Waals surface area contributed by atoms with Crippen molar-refractivity contribution in [2.45, 2.75) is 32.4 Å². The van der Waals surface area contributed by atoms with Crippen LogP contribution in [0, 0.1) is 18.7 Å². The van der Waals surface area contributed by atoms with Crippen molar-refractivity contribution in [3.05, 3.63) is 107 Å². The number of likely N-dealkylation sites (tertiary alicyclic amines) is 1. The first-order valence-electron chi connectivity index (χ1n) is 11.7. The molecule has 5 heteroatoms. The largest absolute Gasteiger partial charge is 0.488 e. The van der Waals surface area contributed by atoms with Crippen molar-refractivity contribution >= 4 is 5.97 Å². The Balaban J connectivity index is 1.59. The van der Waals surface area contributed by atoms with Crippen LogP contribution in [-0.2, 0) is 13.0 Å². The maximum absolute atomic E-state index is 15.9. The number of rotatable bonds is 7. The van der Waals surface area contributed by atoms with Crippen molar-refractivity contribution in [2.24, 2.45) is 5.92 Å². The molecule has 0 saturated carbocycles. The van der Waals surface area contributed by atoms with E-state index in [-0.39, 0.29) is 29.6 Å². The molecule has 174 valence electrons. The Labute approximate surface area is 199 Å². The SMILES string of the molecule is C=CCN1CC[C@H]2Cc3c(OCc4ccccc4)c(C(=O)Oc4ccccc4)c(C)c(F)c3[C@H]21. The van der Waals surface area contributed by atoms with Crippen molar-refractivity contribution in [1.82, 2.24) is 4.90 Å². The van der Waals surface area contributed by atoms with Crippen LogP contribution >= 0.6 is 0 Å². The Morgan fingerprint density at radius 2 is 1.85 bits per heavy atom. The van der Waals surface area contributed by atoms with Gasteiger partial charge in [0.15, 0.2) is 0 Å². The molecular formula is C29H28FNO3. The lowest BCUT2D eigenvalue weighted by molar-refractivity contribution is 0.0728. The number of hydrogen-bond donors (Lipinski definition) is 0. The van der Waals surface area contributed by atoms with Crippen LogP contribution in [0.4, 0.5) is 4.39 Å². The minimum Gasteiger partial charge on any atom is -0.488 e. The lowest BCUT2D eigenvalue weighted by atomic mass is 9.96. The highest BCUT2D eigenvalue weighted by Crippen LogP contribution is 2.52. The zero-order valence-corrected chi connectivity index (χ0v) is 19.3. The summed E-state index contributed by atoms with van der Waals surface area (Å²) in [6.45, 7) is 7.42. The van der Waals surface area contributed by atoms with Gasteiger partial charge in [0.05, 0.1) is 0 Å². The van der Waals surface area contributed by atoms with Gasteiger partial charge in [0.1, 0.15) is 29.5 Å². The smallest absolute Gasteiger partial charge is 0.347 e. The van der Waals surface area contributed by atoms with Gasteiger partial charge in [0.25, 0.3) is 0 Å². The molecule has 3 aromatic rings. The number of esters is 1. The molecule has 0 unspecified atom stereocenters. The molecule has 4 nitrogen and oxygen atoms in total. The van der Waals surface area contributed by atoms with Crippen molar-refractivity contribution in [3.63, 3.8) is 0 Å². The Kier molecular flexibility index (Phi) is 6.20. The molecule has 2 atom stereocenters. The molecule has 1 fully saturated rings. The van der Waals surface area contributed by atoms with E-state index >= 15 is 4.39 Å². The van der Waals surface area contributed by atoms with Gasteiger partial charge in [-0.1, -0.05) is 54.6 Å². The number of carbonyl (C=O) groups excluding carboxylic acids is 1. The molecule has 0 amide bonds. The van der Waals surface area contributed by atoms with Gasteiger partial charge >= 0.3 is 5.97 Å². The maximum Gasteiger partial charge on any atom is 0.347 e. The number of hydrogen-bond acceptors (Lipinski definition) is 4. The van der Waals surface area contributed by atoms with Crippen LogP contribution in [0.3, 0.4) is 0 Å². The fourth-order valence-electron chi connectivity index (χ4n) is 5.37. The lowest BCUT2D eigenvalue weighted by Crippen LogP contribution is -2.25. The van der Waals surface area contributed by atoms with Crippen molar-refractivity contribution in [2.75, 3.05) is 13.1 Å². The van der Waals surface area contributed by atoms with E-state index in [1.165, 1.54) is 0 Å². The summed E-state index contributed by atoms with van der Waals surface area (Å²) < 4.78 is 27.9. The third-order valence-corrected chi connectivity index (χ3v) is 6.90. The Morgan fingerprint density at radius 3 is 2.56 bits per heavy atom. The molecule has 1 aliphatic carbocycles. The number of benzene rings is 3. The highest BCUT2D eigenvalue weighted by molar-refractivity contribution is 5.96. The first-order chi connectivity index (χ1) is 16.6. The van der Waals surface area contributed by atoms with E-state index in [0.29, 0.717) is 35.9 Å². The third-order valence-electron chi connectivity index (χ3n) is 6.90. The fourth-order valence-corrected chi connectivity index (χ4v) is 5.37. The van der Waals surface area contributed by atoms with Gasteiger partial charge in [-0.3, -0.25) is 4.90 Å². The summed E-state index contributed by atoms with van der Waals surface area (Å²) >= 11 is 0. The second-order valence-corrected chi connectivity index (χ2v) is 8.99. The van der Waals surface area contributed by atoms with Gasteiger partial charge in [0.2, 0.25) is 0 Å². The van der Waals surface area contributed by atoms with E-state index in [9.17, 15) is 4.79 Å². The van der Waals surface area contributed by atoms with Gasteiger partial charge in [-0.25, -0.2) is 9.18 Å². The highest BCUT2D eigenvalue weighted by atomic mass is 19.1. The number of fused-ring (bicyclic) bond motifs is 3. The fraction of sp³-hybridized carbons (Fsp3) is 0.276. The molecule has 0 N–H and O–H groups in total. The number of para-hydroxylation sites is 1. The maximum atomic E-state index is 15.9. The van der Waals surface area contributed by atoms with Gasteiger partial charge in [-0.05, 0) is 49.9 Å². The lowest BCUT2D eigenvalue weighted by Gasteiger charge is -2.25. The van der Waals surface area contributed by atoms with E-state index in [2.05, 4.69) is 11.5 Å². The Morgan fingerprint density at radius 1 is 1.15 bits per heavy atom. The quantitative estimate of drug-likeness (QED) is 0.246. The minimum atomic E-state index is -0.603. The van der Waals surface area contributed by atoms with Crippen LogP contribution in [0.25, 0.3) is 0 Å². The van der Waals surface area contributed by atoms with Crippen molar-refractivity contribution in [1.29, 1.82) is 0 Å². The summed E-state index contributed by atoms with van der Waals surface area (Å²) in [7, 11) is 0. The zero-order valence-electron chi connectivity index (χ0n) is 19.3. The van der Waals surface area contributed by atoms with Crippen LogP contribution in [-0.4, -0.2) is 24.0 Å². The van der Waals surface area contributed by atoms with Crippen LogP contribution < -0.4 is 9.47 Å². The predicted octanol–water partition coefficient (Wildman–Crippen LogP) is 6.04. The molecule has 5 rings (SSSR count). The van der Waals surface area contributed by atoms with E-state index in [1.54, 1.807) is 31.2 Å². The number of nitrogens with zero attached hydrogens (tertiary/aromatic N) is 1. The highest BCUT2D eigenvalue weighted by Gasteiger charge is 2.46. The normalized spacial score (nSPS) is 18.9. The minimum absolute atomic E-state index is 0.0232. The topological polar surface area (TPSA) is 38.8 Å². The summed E-state index contributed by atoms with van der Waals surface area (Å²) in [5, 5.41) is 0. The Hall–Kier alpha value is -3.44. The predicted molar refractivity (Wildman–Crippen MR) is 130 cm³/mol. The molecular weight excluding hydrogens is 429 g/mol. The summed E-state index contributed by atoms with van der Waals surface area (Å²) in [6.07, 6.45) is 3.53. The molecule has 0 radical (unpaired) electrons. The summed E-state index contributed by atoms with van der Waals surface area (Å²) in [5.41, 5.74) is 2.89. The van der Waals surface area contributed by atoms with E-state index in [4.69, 9.17) is 9.47 Å². The van der Waals surface area contributed by atoms with E-state index in [0.717, 1.165) is 24.1 Å². The average Bonchev–Trinajstić information content (AvgIpc) is 3.42. The average molecular weight is 458 g/mol. The monoisotopic (exact) mass is 457 g/mol. The summed E-state index contributed by atoms with van der Waals surface area (Å²) in [5.74, 6) is 0.227. The van der Waals surface area contributed by atoms with Gasteiger partial charge < -0.3 is 9.47 Å².